The summed E-state index contributed by atoms with van der Waals surface area (Å²) >= 11 is 0.968. The second kappa shape index (κ2) is 9.22. The maximum Gasteiger partial charge on any atom is 0.343 e. The van der Waals surface area contributed by atoms with Crippen molar-refractivity contribution in [2.75, 3.05) is 6.61 Å². The smallest absolute Gasteiger partial charge is 0.343 e. The molecule has 5 rings (SSSR count). The minimum absolute atomic E-state index is 0.0657. The summed E-state index contributed by atoms with van der Waals surface area (Å²) in [7, 11) is 0. The summed E-state index contributed by atoms with van der Waals surface area (Å²) in [5, 5.41) is 10.1. The zero-order valence-electron chi connectivity index (χ0n) is 19.6. The molecular formula is C26H26N2O6S. The Balaban J connectivity index is 1.66. The van der Waals surface area contributed by atoms with Crippen LogP contribution in [0.2, 0.25) is 0 Å². The van der Waals surface area contributed by atoms with Crippen LogP contribution in [0.3, 0.4) is 0 Å². The zero-order valence-corrected chi connectivity index (χ0v) is 20.4. The van der Waals surface area contributed by atoms with E-state index in [1.807, 2.05) is 36.4 Å². The highest BCUT2D eigenvalue weighted by atomic mass is 32.2. The van der Waals surface area contributed by atoms with Gasteiger partial charge in [-0.1, -0.05) is 36.9 Å². The number of pyridine rings is 2. The van der Waals surface area contributed by atoms with E-state index in [1.54, 1.807) is 11.5 Å². The van der Waals surface area contributed by atoms with Gasteiger partial charge >= 0.3 is 5.97 Å². The molecule has 0 amide bonds. The first-order valence-corrected chi connectivity index (χ1v) is 12.5. The van der Waals surface area contributed by atoms with Crippen molar-refractivity contribution in [1.29, 1.82) is 0 Å². The third kappa shape index (κ3) is 3.97. The summed E-state index contributed by atoms with van der Waals surface area (Å²) in [6.45, 7) is 3.41. The number of aliphatic hydroxyl groups excluding tert-OH is 1. The minimum atomic E-state index is -1.54. The van der Waals surface area contributed by atoms with Gasteiger partial charge in [-0.25, -0.2) is 9.78 Å². The number of esters is 1. The van der Waals surface area contributed by atoms with Gasteiger partial charge in [0.25, 0.3) is 5.56 Å². The molecule has 0 bridgehead atoms. The summed E-state index contributed by atoms with van der Waals surface area (Å²) < 4.78 is 13.5. The molecule has 182 valence electrons. The summed E-state index contributed by atoms with van der Waals surface area (Å²) in [5.41, 5.74) is 1.50. The predicted molar refractivity (Wildman–Crippen MR) is 132 cm³/mol. The minimum Gasteiger partial charge on any atom is -0.458 e. The number of benzene rings is 1. The van der Waals surface area contributed by atoms with E-state index >= 15 is 0 Å². The zero-order chi connectivity index (χ0) is 24.7. The lowest BCUT2D eigenvalue weighted by molar-refractivity contribution is -0.184. The largest absolute Gasteiger partial charge is 0.458 e. The van der Waals surface area contributed by atoms with E-state index in [1.165, 1.54) is 6.92 Å². The number of carbonyl (C=O) groups excluding carboxylic acids is 2. The summed E-state index contributed by atoms with van der Waals surface area (Å²) in [6, 6.07) is 11.7. The van der Waals surface area contributed by atoms with Crippen molar-refractivity contribution in [2.45, 2.75) is 57.3 Å². The van der Waals surface area contributed by atoms with Gasteiger partial charge < -0.3 is 19.1 Å². The van der Waals surface area contributed by atoms with Crippen LogP contribution in [0.1, 0.15) is 49.8 Å². The van der Waals surface area contributed by atoms with E-state index in [-0.39, 0.29) is 30.3 Å². The molecule has 8 nitrogen and oxygen atoms in total. The monoisotopic (exact) mass is 494 g/mol. The summed E-state index contributed by atoms with van der Waals surface area (Å²) in [5.74, 6) is -0.584. The predicted octanol–water partition coefficient (Wildman–Crippen LogP) is 3.48. The Morgan fingerprint density at radius 2 is 2.11 bits per heavy atom. The number of hydrogen-bond donors (Lipinski definition) is 1. The number of fused-ring (bicyclic) bond motifs is 5. The highest BCUT2D eigenvalue weighted by molar-refractivity contribution is 8.13. The Labute approximate surface area is 206 Å². The number of ether oxygens (including phenoxy) is 2. The van der Waals surface area contributed by atoms with Gasteiger partial charge in [-0.15, -0.1) is 0 Å². The number of aliphatic hydroxyl groups is 1. The van der Waals surface area contributed by atoms with Crippen molar-refractivity contribution in [1.82, 2.24) is 9.55 Å². The molecule has 1 N–H and O–H groups in total. The third-order valence-electron chi connectivity index (χ3n) is 6.61. The van der Waals surface area contributed by atoms with E-state index < -0.39 is 17.0 Å². The first-order chi connectivity index (χ1) is 16.9. The van der Waals surface area contributed by atoms with Crippen LogP contribution in [0.4, 0.5) is 0 Å². The van der Waals surface area contributed by atoms with Gasteiger partial charge in [0.1, 0.15) is 12.0 Å². The van der Waals surface area contributed by atoms with Gasteiger partial charge in [-0.3, -0.25) is 9.59 Å². The Bertz CT molecular complexity index is 1400. The average Bonchev–Trinajstić information content (AvgIpc) is 3.20. The van der Waals surface area contributed by atoms with Crippen LogP contribution in [-0.4, -0.2) is 37.8 Å². The molecule has 2 atom stereocenters. The Kier molecular flexibility index (Phi) is 6.25. The molecule has 1 unspecified atom stereocenters. The van der Waals surface area contributed by atoms with Crippen LogP contribution in [0.25, 0.3) is 22.3 Å². The lowest BCUT2D eigenvalue weighted by Gasteiger charge is -2.38. The van der Waals surface area contributed by atoms with Gasteiger partial charge in [0.2, 0.25) is 0 Å². The first-order valence-electron chi connectivity index (χ1n) is 11.7. The number of para-hydroxylation sites is 1. The van der Waals surface area contributed by atoms with Gasteiger partial charge in [0.05, 0.1) is 29.0 Å². The molecule has 0 fully saturated rings. The topological polar surface area (TPSA) is 108 Å². The number of carbonyl (C=O) groups is 2. The molecule has 0 saturated carbocycles. The van der Waals surface area contributed by atoms with Gasteiger partial charge in [-0.2, -0.15) is 0 Å². The van der Waals surface area contributed by atoms with E-state index in [0.717, 1.165) is 28.2 Å². The van der Waals surface area contributed by atoms with E-state index in [4.69, 9.17) is 14.5 Å². The number of nitrogens with zero attached hydrogens (tertiary/aromatic N) is 2. The summed E-state index contributed by atoms with van der Waals surface area (Å²) in [6.07, 6.45) is 0.989. The SMILES string of the molecule is CC[C@@]1(OC(CCCO)SC(C)=O)C(=O)OCc2c1cc1n(c2=O)Cc2cc3ccccc3nc2-1. The van der Waals surface area contributed by atoms with Gasteiger partial charge in [-0.05, 0) is 37.5 Å². The Morgan fingerprint density at radius 3 is 2.86 bits per heavy atom. The van der Waals surface area contributed by atoms with Crippen molar-refractivity contribution in [2.24, 2.45) is 0 Å². The average molecular weight is 495 g/mol. The molecule has 1 aromatic carbocycles. The molecule has 9 heteroatoms. The molecule has 2 aliphatic heterocycles. The second-order valence-corrected chi connectivity index (χ2v) is 10.1. The van der Waals surface area contributed by atoms with Crippen molar-refractivity contribution in [3.8, 4) is 11.4 Å². The van der Waals surface area contributed by atoms with E-state index in [0.29, 0.717) is 41.9 Å². The van der Waals surface area contributed by atoms with E-state index in [9.17, 15) is 19.5 Å². The van der Waals surface area contributed by atoms with Crippen molar-refractivity contribution in [3.63, 3.8) is 0 Å². The van der Waals surface area contributed by atoms with Gasteiger partial charge in [0, 0.05) is 30.0 Å². The number of aromatic nitrogens is 2. The van der Waals surface area contributed by atoms with Gasteiger partial charge in [0.15, 0.2) is 10.7 Å². The molecule has 0 saturated heterocycles. The normalized spacial score (nSPS) is 19.1. The lowest BCUT2D eigenvalue weighted by atomic mass is 9.85. The fourth-order valence-corrected chi connectivity index (χ4v) is 5.79. The van der Waals surface area contributed by atoms with Crippen molar-refractivity contribution < 1.29 is 24.2 Å². The number of hydrogen-bond acceptors (Lipinski definition) is 8. The summed E-state index contributed by atoms with van der Waals surface area (Å²) in [4.78, 5) is 43.5. The quantitative estimate of drug-likeness (QED) is 0.307. The standard InChI is InChI=1S/C26H26N2O6S/c1-3-26(34-22(9-6-10-29)35-15(2)30)19-12-21-23-17(11-16-7-4-5-8-20(16)27-23)13-28(21)24(31)18(19)14-33-25(26)32/h4-5,7-8,11-12,22,29H,3,6,9-10,13-14H2,1-2H3/t22?,26-/m0/s1. The molecule has 4 heterocycles. The number of rotatable bonds is 7. The van der Waals surface area contributed by atoms with E-state index in [2.05, 4.69) is 0 Å². The molecule has 2 aliphatic rings. The molecule has 0 radical (unpaired) electrons. The number of cyclic esters (lactones) is 1. The van der Waals surface area contributed by atoms with Crippen LogP contribution < -0.4 is 5.56 Å². The molecule has 3 aromatic rings. The highest BCUT2D eigenvalue weighted by Crippen LogP contribution is 2.43. The Hall–Kier alpha value is -3.01. The van der Waals surface area contributed by atoms with Crippen LogP contribution in [0, 0.1) is 0 Å². The lowest BCUT2D eigenvalue weighted by Crippen LogP contribution is -2.48. The van der Waals surface area contributed by atoms with Crippen LogP contribution in [0.15, 0.2) is 41.2 Å². The second-order valence-electron chi connectivity index (χ2n) is 8.78. The molecule has 2 aromatic heterocycles. The van der Waals surface area contributed by atoms with Crippen molar-refractivity contribution in [3.05, 3.63) is 63.4 Å². The molecule has 0 spiro atoms. The van der Waals surface area contributed by atoms with Crippen molar-refractivity contribution >= 4 is 33.7 Å². The fraction of sp³-hybridized carbons (Fsp3) is 0.385. The molecular weight excluding hydrogens is 468 g/mol. The first kappa shape index (κ1) is 23.7. The fourth-order valence-electron chi connectivity index (χ4n) is 4.92. The van der Waals surface area contributed by atoms with Crippen LogP contribution in [-0.2, 0) is 37.8 Å². The van der Waals surface area contributed by atoms with Crippen LogP contribution in [0.5, 0.6) is 0 Å². The third-order valence-corrected chi connectivity index (χ3v) is 7.54. The van der Waals surface area contributed by atoms with Crippen LogP contribution >= 0.6 is 11.8 Å². The molecule has 0 aliphatic carbocycles. The molecule has 35 heavy (non-hydrogen) atoms. The Morgan fingerprint density at radius 1 is 1.31 bits per heavy atom. The highest BCUT2D eigenvalue weighted by Gasteiger charge is 2.49. The maximum absolute atomic E-state index is 13.6. The number of thioether (sulfide) groups is 1. The maximum atomic E-state index is 13.6.